The molecule has 0 spiro atoms. The van der Waals surface area contributed by atoms with Crippen LogP contribution in [0, 0.1) is 11.8 Å². The number of rotatable bonds is 2. The molecule has 80 valence electrons. The molecular weight excluding hydrogens is 206 g/mol. The SMILES string of the molecule is O=C(O)C[C@@H]1CS(=O)(=O)[C@H]2CNC[C@@H]12. The Morgan fingerprint density at radius 3 is 2.79 bits per heavy atom. The fourth-order valence-electron chi connectivity index (χ4n) is 2.52. The number of hydrogen-bond donors (Lipinski definition) is 2. The van der Waals surface area contributed by atoms with E-state index in [0.717, 1.165) is 0 Å². The molecule has 2 rings (SSSR count). The number of sulfone groups is 1. The van der Waals surface area contributed by atoms with E-state index in [9.17, 15) is 13.2 Å². The fourth-order valence-corrected chi connectivity index (χ4v) is 4.95. The summed E-state index contributed by atoms with van der Waals surface area (Å²) in [6.45, 7) is 1.13. The Bertz CT molecular complexity index is 350. The molecule has 2 fully saturated rings. The summed E-state index contributed by atoms with van der Waals surface area (Å²) in [4.78, 5) is 10.5. The van der Waals surface area contributed by atoms with Gasteiger partial charge in [0.1, 0.15) is 0 Å². The average Bonchev–Trinajstić information content (AvgIpc) is 2.55. The van der Waals surface area contributed by atoms with Crippen LogP contribution in [0.5, 0.6) is 0 Å². The van der Waals surface area contributed by atoms with Gasteiger partial charge in [-0.05, 0) is 18.4 Å². The number of aliphatic carboxylic acids is 1. The van der Waals surface area contributed by atoms with Gasteiger partial charge in [-0.2, -0.15) is 0 Å². The van der Waals surface area contributed by atoms with Crippen LogP contribution < -0.4 is 5.32 Å². The van der Waals surface area contributed by atoms with Gasteiger partial charge in [-0.25, -0.2) is 8.42 Å². The summed E-state index contributed by atoms with van der Waals surface area (Å²) in [5.74, 6) is -1.04. The molecule has 0 bridgehead atoms. The van der Waals surface area contributed by atoms with Crippen molar-refractivity contribution >= 4 is 15.8 Å². The third-order valence-corrected chi connectivity index (χ3v) is 5.48. The van der Waals surface area contributed by atoms with Gasteiger partial charge in [-0.15, -0.1) is 0 Å². The molecule has 5 nitrogen and oxygen atoms in total. The van der Waals surface area contributed by atoms with Gasteiger partial charge in [0.05, 0.1) is 11.0 Å². The average molecular weight is 219 g/mol. The molecule has 0 saturated carbocycles. The third kappa shape index (κ3) is 1.52. The molecule has 2 aliphatic heterocycles. The van der Waals surface area contributed by atoms with E-state index >= 15 is 0 Å². The lowest BCUT2D eigenvalue weighted by molar-refractivity contribution is -0.138. The van der Waals surface area contributed by atoms with Crippen molar-refractivity contribution < 1.29 is 18.3 Å². The van der Waals surface area contributed by atoms with Crippen LogP contribution in [0.1, 0.15) is 6.42 Å². The molecule has 6 heteroatoms. The first kappa shape index (κ1) is 9.92. The van der Waals surface area contributed by atoms with Crippen molar-refractivity contribution in [1.29, 1.82) is 0 Å². The zero-order valence-electron chi connectivity index (χ0n) is 7.64. The molecule has 0 aromatic carbocycles. The maximum atomic E-state index is 11.6. The van der Waals surface area contributed by atoms with E-state index in [4.69, 9.17) is 5.11 Å². The highest BCUT2D eigenvalue weighted by Crippen LogP contribution is 2.36. The van der Waals surface area contributed by atoms with Crippen LogP contribution in [0.4, 0.5) is 0 Å². The topological polar surface area (TPSA) is 83.5 Å². The Hall–Kier alpha value is -0.620. The first-order chi connectivity index (χ1) is 6.50. The fraction of sp³-hybridized carbons (Fsp3) is 0.875. The van der Waals surface area contributed by atoms with Crippen LogP contribution in [0.3, 0.4) is 0 Å². The van der Waals surface area contributed by atoms with Crippen LogP contribution in [-0.2, 0) is 14.6 Å². The van der Waals surface area contributed by atoms with E-state index in [1.807, 2.05) is 0 Å². The molecule has 0 radical (unpaired) electrons. The largest absolute Gasteiger partial charge is 0.481 e. The number of carboxylic acid groups (broad SMARTS) is 1. The van der Waals surface area contributed by atoms with Crippen LogP contribution in [0.2, 0.25) is 0 Å². The summed E-state index contributed by atoms with van der Waals surface area (Å²) < 4.78 is 23.2. The number of nitrogens with one attached hydrogen (secondary N) is 1. The van der Waals surface area contributed by atoms with Crippen LogP contribution in [0.15, 0.2) is 0 Å². The molecule has 2 N–H and O–H groups in total. The first-order valence-electron chi connectivity index (χ1n) is 4.65. The molecule has 0 aromatic rings. The van der Waals surface area contributed by atoms with E-state index in [-0.39, 0.29) is 29.3 Å². The second kappa shape index (κ2) is 3.20. The second-order valence-electron chi connectivity index (χ2n) is 4.05. The smallest absolute Gasteiger partial charge is 0.303 e. The van der Waals surface area contributed by atoms with E-state index in [2.05, 4.69) is 5.32 Å². The van der Waals surface area contributed by atoms with E-state index < -0.39 is 15.8 Å². The zero-order valence-corrected chi connectivity index (χ0v) is 8.46. The van der Waals surface area contributed by atoms with Gasteiger partial charge < -0.3 is 10.4 Å². The predicted molar refractivity (Wildman–Crippen MR) is 49.7 cm³/mol. The molecule has 2 heterocycles. The standard InChI is InChI=1S/C8H13NO4S/c10-8(11)1-5-4-14(12,13)7-3-9-2-6(5)7/h5-7,9H,1-4H2,(H,10,11)/t5-,6+,7+/m1/s1. The zero-order chi connectivity index (χ0) is 10.3. The monoisotopic (exact) mass is 219 g/mol. The molecule has 0 unspecified atom stereocenters. The normalized spacial score (nSPS) is 39.6. The summed E-state index contributed by atoms with van der Waals surface area (Å²) in [5.41, 5.74) is 0. The maximum Gasteiger partial charge on any atom is 0.303 e. The highest BCUT2D eigenvalue weighted by atomic mass is 32.2. The van der Waals surface area contributed by atoms with E-state index in [0.29, 0.717) is 13.1 Å². The van der Waals surface area contributed by atoms with E-state index in [1.54, 1.807) is 0 Å². The molecule has 0 aromatic heterocycles. The Kier molecular flexibility index (Phi) is 2.27. The highest BCUT2D eigenvalue weighted by molar-refractivity contribution is 7.92. The minimum absolute atomic E-state index is 0.0103. The lowest BCUT2D eigenvalue weighted by Crippen LogP contribution is -2.22. The Morgan fingerprint density at radius 2 is 2.14 bits per heavy atom. The van der Waals surface area contributed by atoms with Crippen molar-refractivity contribution in [3.8, 4) is 0 Å². The molecule has 2 saturated heterocycles. The summed E-state index contributed by atoms with van der Waals surface area (Å²) in [6, 6.07) is 0. The van der Waals surface area contributed by atoms with Crippen LogP contribution >= 0.6 is 0 Å². The predicted octanol–water partition coefficient (Wildman–Crippen LogP) is -0.906. The summed E-state index contributed by atoms with van der Waals surface area (Å²) in [6.07, 6.45) is -0.0257. The molecule has 3 atom stereocenters. The van der Waals surface area contributed by atoms with E-state index in [1.165, 1.54) is 0 Å². The Balaban J connectivity index is 2.19. The van der Waals surface area contributed by atoms with Crippen molar-refractivity contribution in [2.24, 2.45) is 11.8 Å². The van der Waals surface area contributed by atoms with Gasteiger partial charge in [0.25, 0.3) is 0 Å². The minimum atomic E-state index is -3.04. The van der Waals surface area contributed by atoms with Crippen molar-refractivity contribution in [2.45, 2.75) is 11.7 Å². The molecule has 2 aliphatic rings. The lowest BCUT2D eigenvalue weighted by atomic mass is 9.91. The lowest BCUT2D eigenvalue weighted by Gasteiger charge is -2.12. The van der Waals surface area contributed by atoms with Crippen LogP contribution in [-0.4, -0.2) is 43.6 Å². The Labute approximate surface area is 82.4 Å². The number of carboxylic acids is 1. The highest BCUT2D eigenvalue weighted by Gasteiger charge is 2.49. The number of fused-ring (bicyclic) bond motifs is 1. The summed E-state index contributed by atoms with van der Waals surface area (Å²) in [5, 5.41) is 11.3. The summed E-state index contributed by atoms with van der Waals surface area (Å²) >= 11 is 0. The number of carbonyl (C=O) groups is 1. The summed E-state index contributed by atoms with van der Waals surface area (Å²) in [7, 11) is -3.04. The minimum Gasteiger partial charge on any atom is -0.481 e. The second-order valence-corrected chi connectivity index (χ2v) is 6.31. The third-order valence-electron chi connectivity index (χ3n) is 3.15. The van der Waals surface area contributed by atoms with Crippen molar-refractivity contribution in [2.75, 3.05) is 18.8 Å². The van der Waals surface area contributed by atoms with Crippen molar-refractivity contribution in [3.63, 3.8) is 0 Å². The Morgan fingerprint density at radius 1 is 1.43 bits per heavy atom. The van der Waals surface area contributed by atoms with Gasteiger partial charge >= 0.3 is 5.97 Å². The quantitative estimate of drug-likeness (QED) is 0.628. The van der Waals surface area contributed by atoms with Crippen molar-refractivity contribution in [3.05, 3.63) is 0 Å². The molecule has 14 heavy (non-hydrogen) atoms. The van der Waals surface area contributed by atoms with Crippen molar-refractivity contribution in [1.82, 2.24) is 5.32 Å². The van der Waals surface area contributed by atoms with Gasteiger partial charge in [0.2, 0.25) is 0 Å². The number of hydrogen-bond acceptors (Lipinski definition) is 4. The first-order valence-corrected chi connectivity index (χ1v) is 6.36. The van der Waals surface area contributed by atoms with Gasteiger partial charge in [-0.1, -0.05) is 0 Å². The maximum absolute atomic E-state index is 11.6. The van der Waals surface area contributed by atoms with Gasteiger partial charge in [0.15, 0.2) is 9.84 Å². The molecular formula is C8H13NO4S. The van der Waals surface area contributed by atoms with Gasteiger partial charge in [0, 0.05) is 13.0 Å². The van der Waals surface area contributed by atoms with Gasteiger partial charge in [-0.3, -0.25) is 4.79 Å². The van der Waals surface area contributed by atoms with Crippen LogP contribution in [0.25, 0.3) is 0 Å². The molecule has 0 aliphatic carbocycles. The molecule has 0 amide bonds.